The number of hydrogen-bond acceptors (Lipinski definition) is 4. The van der Waals surface area contributed by atoms with E-state index in [0.29, 0.717) is 28.3 Å². The van der Waals surface area contributed by atoms with Crippen molar-refractivity contribution in [2.45, 2.75) is 18.4 Å². The lowest BCUT2D eigenvalue weighted by molar-refractivity contribution is -0.645. The summed E-state index contributed by atoms with van der Waals surface area (Å²) in [4.78, 5) is 22.9. The van der Waals surface area contributed by atoms with E-state index in [2.05, 4.69) is 5.32 Å². The molecule has 0 aliphatic heterocycles. The van der Waals surface area contributed by atoms with E-state index in [1.165, 1.54) is 19.2 Å². The van der Waals surface area contributed by atoms with Gasteiger partial charge in [-0.05, 0) is 35.9 Å². The summed E-state index contributed by atoms with van der Waals surface area (Å²) in [6, 6.07) is 9.24. The maximum atomic E-state index is 14.0. The Morgan fingerprint density at radius 2 is 2.08 bits per heavy atom. The molecule has 0 bridgehead atoms. The van der Waals surface area contributed by atoms with Gasteiger partial charge in [0, 0.05) is 31.2 Å². The maximum Gasteiger partial charge on any atom is 0.251 e. The van der Waals surface area contributed by atoms with Crippen LogP contribution in [-0.4, -0.2) is 24.0 Å². The van der Waals surface area contributed by atoms with Crippen LogP contribution in [0.2, 0.25) is 0 Å². The van der Waals surface area contributed by atoms with Gasteiger partial charge in [-0.25, -0.2) is 4.39 Å². The van der Waals surface area contributed by atoms with Crippen LogP contribution in [0.5, 0.6) is 0 Å². The van der Waals surface area contributed by atoms with Crippen molar-refractivity contribution < 1.29 is 18.7 Å². The van der Waals surface area contributed by atoms with Crippen molar-refractivity contribution in [3.63, 3.8) is 0 Å². The van der Waals surface area contributed by atoms with Crippen molar-refractivity contribution in [2.75, 3.05) is 12.3 Å². The van der Waals surface area contributed by atoms with Crippen LogP contribution in [-0.2, 0) is 11.2 Å². The lowest BCUT2D eigenvalue weighted by Crippen LogP contribution is -2.28. The molecule has 7 heteroatoms. The first kappa shape index (κ1) is 17.9. The number of halogens is 1. The van der Waals surface area contributed by atoms with E-state index in [1.54, 1.807) is 30.3 Å². The third-order valence-electron chi connectivity index (χ3n) is 3.28. The van der Waals surface area contributed by atoms with Crippen molar-refractivity contribution in [2.24, 2.45) is 0 Å². The van der Waals surface area contributed by atoms with Crippen LogP contribution >= 0.6 is 11.8 Å². The summed E-state index contributed by atoms with van der Waals surface area (Å²) in [7, 11) is 0. The van der Waals surface area contributed by atoms with E-state index < -0.39 is 5.82 Å². The average Bonchev–Trinajstić information content (AvgIpc) is 2.55. The molecule has 0 aliphatic rings. The number of carbonyl (C=O) groups excluding carboxylic acids is 2. The van der Waals surface area contributed by atoms with Gasteiger partial charge < -0.3 is 10.5 Å². The van der Waals surface area contributed by atoms with Crippen molar-refractivity contribution in [1.29, 1.82) is 0 Å². The Kier molecular flexibility index (Phi) is 6.31. The number of nitrogens with one attached hydrogen (secondary N) is 1. The van der Waals surface area contributed by atoms with Crippen LogP contribution in [0.3, 0.4) is 0 Å². The number of thioether (sulfide) groups is 1. The SMILES string of the molecule is CC(=O)NCCc1ccc(C(=O)CSc2cccc[n+]2[O-])cc1F. The van der Waals surface area contributed by atoms with Crippen molar-refractivity contribution in [3.05, 3.63) is 64.7 Å². The molecule has 0 fully saturated rings. The van der Waals surface area contributed by atoms with Crippen LogP contribution in [0.15, 0.2) is 47.6 Å². The summed E-state index contributed by atoms with van der Waals surface area (Å²) >= 11 is 1.11. The third kappa shape index (κ3) is 5.06. The monoisotopic (exact) mass is 348 g/mol. The minimum Gasteiger partial charge on any atom is -0.618 e. The van der Waals surface area contributed by atoms with E-state index in [0.717, 1.165) is 11.8 Å². The quantitative estimate of drug-likeness (QED) is 0.360. The molecule has 0 atom stereocenters. The van der Waals surface area contributed by atoms with Gasteiger partial charge in [0.05, 0.1) is 5.75 Å². The van der Waals surface area contributed by atoms with Crippen molar-refractivity contribution >= 4 is 23.5 Å². The topological polar surface area (TPSA) is 73.1 Å². The molecule has 0 saturated heterocycles. The standard InChI is InChI=1S/C17H17FN2O3S/c1-12(21)19-8-7-13-5-6-14(10-15(13)18)16(22)11-24-17-4-2-3-9-20(17)23/h2-6,9-10H,7-8,11H2,1H3,(H,19,21). The Morgan fingerprint density at radius 1 is 1.29 bits per heavy atom. The Labute approximate surface area is 143 Å². The molecule has 0 spiro atoms. The van der Waals surface area contributed by atoms with E-state index in [9.17, 15) is 19.2 Å². The van der Waals surface area contributed by atoms with Gasteiger partial charge >= 0.3 is 0 Å². The first-order valence-electron chi connectivity index (χ1n) is 7.34. The largest absolute Gasteiger partial charge is 0.618 e. The molecule has 2 rings (SSSR count). The summed E-state index contributed by atoms with van der Waals surface area (Å²) in [5.74, 6) is -0.849. The fourth-order valence-corrected chi connectivity index (χ4v) is 2.85. The van der Waals surface area contributed by atoms with Gasteiger partial charge in [-0.15, -0.1) is 0 Å². The van der Waals surface area contributed by atoms with Gasteiger partial charge in [0.2, 0.25) is 5.91 Å². The van der Waals surface area contributed by atoms with Crippen LogP contribution in [0.1, 0.15) is 22.8 Å². The zero-order valence-electron chi connectivity index (χ0n) is 13.1. The molecule has 1 aromatic carbocycles. The minimum atomic E-state index is -0.477. The van der Waals surface area contributed by atoms with Crippen LogP contribution in [0.25, 0.3) is 0 Å². The second kappa shape index (κ2) is 8.44. The van der Waals surface area contributed by atoms with E-state index in [-0.39, 0.29) is 23.0 Å². The van der Waals surface area contributed by atoms with E-state index >= 15 is 0 Å². The normalized spacial score (nSPS) is 10.4. The minimum absolute atomic E-state index is 0.0525. The number of Topliss-reactive ketones (excluding diaryl/α,β-unsaturated/α-hetero) is 1. The highest BCUT2D eigenvalue weighted by molar-refractivity contribution is 7.99. The van der Waals surface area contributed by atoms with Gasteiger partial charge in [-0.2, -0.15) is 4.73 Å². The predicted octanol–water partition coefficient (Wildman–Crippen LogP) is 2.11. The zero-order valence-corrected chi connectivity index (χ0v) is 13.9. The average molecular weight is 348 g/mol. The summed E-state index contributed by atoms with van der Waals surface area (Å²) in [5, 5.41) is 14.5. The number of amides is 1. The number of ketones is 1. The highest BCUT2D eigenvalue weighted by Gasteiger charge is 2.13. The molecule has 1 aromatic heterocycles. The first-order chi connectivity index (χ1) is 11.5. The molecule has 0 unspecified atom stereocenters. The van der Waals surface area contributed by atoms with Gasteiger partial charge in [-0.1, -0.05) is 12.1 Å². The molecule has 1 heterocycles. The molecule has 0 saturated carbocycles. The van der Waals surface area contributed by atoms with Crippen LogP contribution in [0, 0.1) is 11.0 Å². The second-order valence-corrected chi connectivity index (χ2v) is 6.11. The molecule has 126 valence electrons. The lowest BCUT2D eigenvalue weighted by atomic mass is 10.1. The van der Waals surface area contributed by atoms with E-state index in [1.807, 2.05) is 0 Å². The highest BCUT2D eigenvalue weighted by Crippen LogP contribution is 2.17. The molecule has 24 heavy (non-hydrogen) atoms. The highest BCUT2D eigenvalue weighted by atomic mass is 32.2. The molecule has 1 amide bonds. The van der Waals surface area contributed by atoms with Gasteiger partial charge in [0.1, 0.15) is 5.82 Å². The molecule has 0 radical (unpaired) electrons. The molecular formula is C17H17FN2O3S. The Balaban J connectivity index is 1.96. The number of aromatic nitrogens is 1. The fraction of sp³-hybridized carbons (Fsp3) is 0.235. The van der Waals surface area contributed by atoms with Crippen molar-refractivity contribution in [3.8, 4) is 0 Å². The number of carbonyl (C=O) groups is 2. The predicted molar refractivity (Wildman–Crippen MR) is 89.2 cm³/mol. The number of nitrogens with zero attached hydrogens (tertiary/aromatic N) is 1. The van der Waals surface area contributed by atoms with Gasteiger partial charge in [0.25, 0.3) is 5.03 Å². The molecule has 1 N–H and O–H groups in total. The second-order valence-electron chi connectivity index (χ2n) is 5.12. The number of rotatable bonds is 7. The third-order valence-corrected chi connectivity index (χ3v) is 4.30. The van der Waals surface area contributed by atoms with Crippen LogP contribution in [0.4, 0.5) is 4.39 Å². The summed E-state index contributed by atoms with van der Waals surface area (Å²) < 4.78 is 14.7. The molecule has 5 nitrogen and oxygen atoms in total. The van der Waals surface area contributed by atoms with E-state index in [4.69, 9.17) is 0 Å². The number of hydrogen-bond donors (Lipinski definition) is 1. The Morgan fingerprint density at radius 3 is 2.75 bits per heavy atom. The summed E-state index contributed by atoms with van der Waals surface area (Å²) in [5.41, 5.74) is 0.699. The summed E-state index contributed by atoms with van der Waals surface area (Å²) in [6.07, 6.45) is 1.71. The molecule has 2 aromatic rings. The number of benzene rings is 1. The van der Waals surface area contributed by atoms with Crippen molar-refractivity contribution in [1.82, 2.24) is 5.32 Å². The van der Waals surface area contributed by atoms with Crippen LogP contribution < -0.4 is 10.0 Å². The zero-order chi connectivity index (χ0) is 17.5. The maximum absolute atomic E-state index is 14.0. The molecule has 0 aliphatic carbocycles. The fourth-order valence-electron chi connectivity index (χ4n) is 2.04. The Hall–Kier alpha value is -2.41. The molecular weight excluding hydrogens is 331 g/mol. The lowest BCUT2D eigenvalue weighted by Gasteiger charge is -2.07. The Bertz CT molecular complexity index is 752. The first-order valence-corrected chi connectivity index (χ1v) is 8.33. The number of pyridine rings is 1. The van der Waals surface area contributed by atoms with Gasteiger partial charge in [-0.3, -0.25) is 9.59 Å². The summed E-state index contributed by atoms with van der Waals surface area (Å²) in [6.45, 7) is 1.74. The van der Waals surface area contributed by atoms with Gasteiger partial charge in [0.15, 0.2) is 12.0 Å². The smallest absolute Gasteiger partial charge is 0.251 e.